The maximum atomic E-state index is 12.5. The van der Waals surface area contributed by atoms with Crippen molar-refractivity contribution in [3.05, 3.63) is 30.1 Å². The van der Waals surface area contributed by atoms with Gasteiger partial charge in [-0.15, -0.1) is 11.6 Å². The van der Waals surface area contributed by atoms with Crippen molar-refractivity contribution >= 4 is 21.6 Å². The molecule has 0 spiro atoms. The lowest BCUT2D eigenvalue weighted by atomic mass is 10.2. The fourth-order valence-electron chi connectivity index (χ4n) is 2.22. The van der Waals surface area contributed by atoms with Gasteiger partial charge >= 0.3 is 0 Å². The number of pyridine rings is 1. The molecule has 0 bridgehead atoms. The molecule has 0 aromatic carbocycles. The Balaban J connectivity index is 2.77. The Morgan fingerprint density at radius 1 is 1.30 bits per heavy atom. The highest BCUT2D eigenvalue weighted by molar-refractivity contribution is 7.89. The average Bonchev–Trinajstić information content (AvgIpc) is 2.46. The second-order valence-corrected chi connectivity index (χ2v) is 7.08. The van der Waals surface area contributed by atoms with Gasteiger partial charge in [-0.1, -0.05) is 19.9 Å². The second-order valence-electron chi connectivity index (χ2n) is 4.66. The predicted octanol–water partition coefficient (Wildman–Crippen LogP) is 2.68. The van der Waals surface area contributed by atoms with Gasteiger partial charge in [0.15, 0.2) is 0 Å². The zero-order valence-electron chi connectivity index (χ0n) is 12.1. The summed E-state index contributed by atoms with van der Waals surface area (Å²) in [6.45, 7) is 4.38. The van der Waals surface area contributed by atoms with Crippen molar-refractivity contribution in [3.63, 3.8) is 0 Å². The third kappa shape index (κ3) is 5.04. The number of rotatable bonds is 9. The Kier molecular flexibility index (Phi) is 7.48. The van der Waals surface area contributed by atoms with Crippen LogP contribution in [0, 0.1) is 0 Å². The lowest BCUT2D eigenvalue weighted by Crippen LogP contribution is -2.42. The molecule has 0 aliphatic rings. The Hall–Kier alpha value is -0.650. The first kappa shape index (κ1) is 17.4. The van der Waals surface area contributed by atoms with Crippen molar-refractivity contribution in [2.45, 2.75) is 39.2 Å². The summed E-state index contributed by atoms with van der Waals surface area (Å²) in [5.74, 6) is 0.400. The molecule has 20 heavy (non-hydrogen) atoms. The molecule has 0 amide bonds. The van der Waals surface area contributed by atoms with E-state index in [0.29, 0.717) is 18.8 Å². The van der Waals surface area contributed by atoms with Crippen LogP contribution >= 0.6 is 11.6 Å². The van der Waals surface area contributed by atoms with Crippen molar-refractivity contribution in [3.8, 4) is 0 Å². The molecular weight excluding hydrogens is 296 g/mol. The van der Waals surface area contributed by atoms with Gasteiger partial charge in [-0.3, -0.25) is 4.98 Å². The zero-order valence-corrected chi connectivity index (χ0v) is 13.7. The third-order valence-electron chi connectivity index (χ3n) is 3.35. The predicted molar refractivity (Wildman–Crippen MR) is 83.5 cm³/mol. The molecule has 0 fully saturated rings. The molecule has 0 N–H and O–H groups in total. The summed E-state index contributed by atoms with van der Waals surface area (Å²) < 4.78 is 26.5. The van der Waals surface area contributed by atoms with E-state index in [-0.39, 0.29) is 11.8 Å². The number of alkyl halides is 1. The quantitative estimate of drug-likeness (QED) is 0.658. The minimum Gasteiger partial charge on any atom is -0.261 e. The molecule has 114 valence electrons. The first-order valence-corrected chi connectivity index (χ1v) is 9.14. The van der Waals surface area contributed by atoms with E-state index in [1.807, 2.05) is 32.0 Å². The van der Waals surface area contributed by atoms with E-state index >= 15 is 0 Å². The fourth-order valence-corrected chi connectivity index (χ4v) is 4.33. The van der Waals surface area contributed by atoms with Crippen LogP contribution in [-0.4, -0.2) is 41.9 Å². The van der Waals surface area contributed by atoms with Crippen LogP contribution in [0.2, 0.25) is 0 Å². The first-order chi connectivity index (χ1) is 9.55. The smallest absolute Gasteiger partial charge is 0.214 e. The Labute approximate surface area is 127 Å². The molecule has 0 saturated heterocycles. The van der Waals surface area contributed by atoms with E-state index in [9.17, 15) is 8.42 Å². The van der Waals surface area contributed by atoms with Gasteiger partial charge in [0.1, 0.15) is 0 Å². The molecule has 0 unspecified atom stereocenters. The summed E-state index contributed by atoms with van der Waals surface area (Å²) in [6, 6.07) is 5.56. The highest BCUT2D eigenvalue weighted by atomic mass is 35.5. The molecule has 0 aliphatic heterocycles. The molecule has 0 radical (unpaired) electrons. The minimum atomic E-state index is -3.30. The highest BCUT2D eigenvalue weighted by Crippen LogP contribution is 2.15. The monoisotopic (exact) mass is 318 g/mol. The standard InChI is InChI=1S/C14H23ClN2O2S/c1-3-14(4-2)17(11-9-15)20(18,19)12-8-13-7-5-6-10-16-13/h5-7,10,14H,3-4,8-9,11-12H2,1-2H3. The largest absolute Gasteiger partial charge is 0.261 e. The van der Waals surface area contributed by atoms with Crippen LogP contribution in [0.4, 0.5) is 0 Å². The van der Waals surface area contributed by atoms with Gasteiger partial charge in [0, 0.05) is 36.8 Å². The van der Waals surface area contributed by atoms with Gasteiger partial charge < -0.3 is 0 Å². The molecule has 6 heteroatoms. The van der Waals surface area contributed by atoms with E-state index in [0.717, 1.165) is 18.5 Å². The zero-order chi connectivity index (χ0) is 15.0. The number of sulfonamides is 1. The highest BCUT2D eigenvalue weighted by Gasteiger charge is 2.27. The van der Waals surface area contributed by atoms with Crippen LogP contribution in [0.15, 0.2) is 24.4 Å². The van der Waals surface area contributed by atoms with E-state index in [1.165, 1.54) is 0 Å². The number of hydrogen-bond acceptors (Lipinski definition) is 3. The van der Waals surface area contributed by atoms with Gasteiger partial charge in [-0.2, -0.15) is 4.31 Å². The van der Waals surface area contributed by atoms with Gasteiger partial charge in [0.2, 0.25) is 10.0 Å². The van der Waals surface area contributed by atoms with Crippen LogP contribution in [0.3, 0.4) is 0 Å². The van der Waals surface area contributed by atoms with E-state index in [1.54, 1.807) is 10.5 Å². The van der Waals surface area contributed by atoms with Crippen LogP contribution < -0.4 is 0 Å². The topological polar surface area (TPSA) is 50.3 Å². The first-order valence-electron chi connectivity index (χ1n) is 7.00. The van der Waals surface area contributed by atoms with Crippen molar-refractivity contribution in [1.82, 2.24) is 9.29 Å². The second kappa shape index (κ2) is 8.60. The van der Waals surface area contributed by atoms with E-state index < -0.39 is 10.0 Å². The van der Waals surface area contributed by atoms with Crippen LogP contribution in [0.5, 0.6) is 0 Å². The molecule has 4 nitrogen and oxygen atoms in total. The van der Waals surface area contributed by atoms with Crippen LogP contribution in [0.25, 0.3) is 0 Å². The molecule has 0 saturated carbocycles. The van der Waals surface area contributed by atoms with Crippen LogP contribution in [-0.2, 0) is 16.4 Å². The van der Waals surface area contributed by atoms with Crippen molar-refractivity contribution in [2.24, 2.45) is 0 Å². The Morgan fingerprint density at radius 3 is 2.50 bits per heavy atom. The average molecular weight is 319 g/mol. The molecule has 1 aromatic rings. The van der Waals surface area contributed by atoms with Crippen molar-refractivity contribution in [2.75, 3.05) is 18.2 Å². The van der Waals surface area contributed by atoms with E-state index in [4.69, 9.17) is 11.6 Å². The molecule has 1 rings (SSSR count). The number of aromatic nitrogens is 1. The lowest BCUT2D eigenvalue weighted by Gasteiger charge is -2.29. The Bertz CT molecular complexity index is 475. The molecular formula is C14H23ClN2O2S. The Morgan fingerprint density at radius 2 is 2.00 bits per heavy atom. The summed E-state index contributed by atoms with van der Waals surface area (Å²) in [5.41, 5.74) is 0.798. The normalized spacial score (nSPS) is 12.2. The van der Waals surface area contributed by atoms with Crippen molar-refractivity contribution in [1.29, 1.82) is 0 Å². The number of halogens is 1. The molecule has 1 heterocycles. The van der Waals surface area contributed by atoms with Gasteiger partial charge in [-0.25, -0.2) is 8.42 Å². The summed E-state index contributed by atoms with van der Waals surface area (Å²) in [7, 11) is -3.30. The third-order valence-corrected chi connectivity index (χ3v) is 5.44. The van der Waals surface area contributed by atoms with Gasteiger partial charge in [-0.05, 0) is 25.0 Å². The summed E-state index contributed by atoms with van der Waals surface area (Å²) in [5, 5.41) is 0. The lowest BCUT2D eigenvalue weighted by molar-refractivity contribution is 0.316. The maximum Gasteiger partial charge on any atom is 0.214 e. The number of aryl methyl sites for hydroxylation is 1. The molecule has 0 aliphatic carbocycles. The van der Waals surface area contributed by atoms with Crippen molar-refractivity contribution < 1.29 is 8.42 Å². The number of nitrogens with zero attached hydrogens (tertiary/aromatic N) is 2. The van der Waals surface area contributed by atoms with Gasteiger partial charge in [0.25, 0.3) is 0 Å². The number of hydrogen-bond donors (Lipinski definition) is 0. The maximum absolute atomic E-state index is 12.5. The summed E-state index contributed by atoms with van der Waals surface area (Å²) >= 11 is 5.76. The minimum absolute atomic E-state index is 0.0301. The van der Waals surface area contributed by atoms with E-state index in [2.05, 4.69) is 4.98 Å². The molecule has 1 aromatic heterocycles. The SMILES string of the molecule is CCC(CC)N(CCCl)S(=O)(=O)CCc1ccccn1. The fraction of sp³-hybridized carbons (Fsp3) is 0.643. The van der Waals surface area contributed by atoms with Gasteiger partial charge in [0.05, 0.1) is 5.75 Å². The summed E-state index contributed by atoms with van der Waals surface area (Å²) in [6.07, 6.45) is 3.72. The summed E-state index contributed by atoms with van der Waals surface area (Å²) in [4.78, 5) is 4.16. The van der Waals surface area contributed by atoms with Crippen LogP contribution in [0.1, 0.15) is 32.4 Å². The molecule has 0 atom stereocenters.